The third kappa shape index (κ3) is 2.77. The Hall–Kier alpha value is -1.55. The van der Waals surface area contributed by atoms with E-state index in [9.17, 15) is 4.79 Å². The Morgan fingerprint density at radius 1 is 1.29 bits per heavy atom. The highest BCUT2D eigenvalue weighted by Gasteiger charge is 2.30. The first kappa shape index (κ1) is 14.4. The maximum atomic E-state index is 12.0. The van der Waals surface area contributed by atoms with E-state index in [1.165, 1.54) is 12.1 Å². The van der Waals surface area contributed by atoms with Gasteiger partial charge < -0.3 is 15.5 Å². The second-order valence-electron chi connectivity index (χ2n) is 6.60. The number of carbonyl (C=O) groups is 1. The van der Waals surface area contributed by atoms with Crippen molar-refractivity contribution in [2.24, 2.45) is 11.8 Å². The molecule has 0 bridgehead atoms. The van der Waals surface area contributed by atoms with Gasteiger partial charge in [0, 0.05) is 30.0 Å². The molecule has 2 aliphatic rings. The molecule has 0 spiro atoms. The van der Waals surface area contributed by atoms with Crippen LogP contribution in [0.25, 0.3) is 0 Å². The highest BCUT2D eigenvalue weighted by molar-refractivity contribution is 6.03. The quantitative estimate of drug-likeness (QED) is 0.898. The van der Waals surface area contributed by atoms with Gasteiger partial charge in [0.25, 0.3) is 0 Å². The minimum Gasteiger partial charge on any atom is -0.371 e. The van der Waals surface area contributed by atoms with Gasteiger partial charge in [-0.25, -0.2) is 0 Å². The molecule has 114 valence electrons. The van der Waals surface area contributed by atoms with E-state index in [0.29, 0.717) is 0 Å². The van der Waals surface area contributed by atoms with Crippen LogP contribution in [0.1, 0.15) is 38.8 Å². The van der Waals surface area contributed by atoms with E-state index >= 15 is 0 Å². The number of fused-ring (bicyclic) bond motifs is 1. The maximum absolute atomic E-state index is 12.0. The predicted molar refractivity (Wildman–Crippen MR) is 86.6 cm³/mol. The van der Waals surface area contributed by atoms with Gasteiger partial charge in [0.2, 0.25) is 5.91 Å². The van der Waals surface area contributed by atoms with Gasteiger partial charge in [0.15, 0.2) is 0 Å². The molecule has 3 rings (SSSR count). The smallest absolute Gasteiger partial charge is 0.246 e. The first-order valence-corrected chi connectivity index (χ1v) is 8.01. The van der Waals surface area contributed by atoms with Crippen LogP contribution >= 0.6 is 0 Å². The van der Waals surface area contributed by atoms with Crippen molar-refractivity contribution in [3.8, 4) is 0 Å². The number of nitrogens with zero attached hydrogens (tertiary/aromatic N) is 1. The number of hydrogen-bond donors (Lipinski definition) is 2. The fourth-order valence-corrected chi connectivity index (χ4v) is 3.73. The largest absolute Gasteiger partial charge is 0.371 e. The Balaban J connectivity index is 1.84. The Kier molecular flexibility index (Phi) is 3.89. The second-order valence-corrected chi connectivity index (χ2v) is 6.60. The molecule has 3 unspecified atom stereocenters. The molecule has 2 heterocycles. The first-order chi connectivity index (χ1) is 10.1. The van der Waals surface area contributed by atoms with E-state index in [2.05, 4.69) is 47.6 Å². The van der Waals surface area contributed by atoms with Gasteiger partial charge in [0.1, 0.15) is 6.04 Å². The van der Waals surface area contributed by atoms with Crippen LogP contribution in [0.3, 0.4) is 0 Å². The molecule has 0 aliphatic carbocycles. The minimum atomic E-state index is -0.196. The average Bonchev–Trinajstić information content (AvgIpc) is 2.74. The number of amides is 1. The van der Waals surface area contributed by atoms with Gasteiger partial charge in [-0.15, -0.1) is 0 Å². The molecule has 3 atom stereocenters. The van der Waals surface area contributed by atoms with Gasteiger partial charge in [-0.2, -0.15) is 0 Å². The lowest BCUT2D eigenvalue weighted by atomic mass is 9.91. The number of piperidine rings is 1. The maximum Gasteiger partial charge on any atom is 0.246 e. The number of benzene rings is 1. The number of rotatable bonds is 3. The second kappa shape index (κ2) is 5.68. The lowest BCUT2D eigenvalue weighted by Crippen LogP contribution is -2.38. The van der Waals surface area contributed by atoms with Crippen LogP contribution < -0.4 is 15.5 Å². The molecule has 1 aromatic rings. The fraction of sp³-hybridized carbons (Fsp3) is 0.588. The molecular weight excluding hydrogens is 262 g/mol. The Labute approximate surface area is 126 Å². The predicted octanol–water partition coefficient (Wildman–Crippen LogP) is 2.77. The first-order valence-electron chi connectivity index (χ1n) is 8.01. The molecule has 2 N–H and O–H groups in total. The van der Waals surface area contributed by atoms with Crippen LogP contribution in [-0.4, -0.2) is 25.5 Å². The zero-order chi connectivity index (χ0) is 15.0. The van der Waals surface area contributed by atoms with Crippen molar-refractivity contribution in [2.45, 2.75) is 33.2 Å². The molecule has 1 saturated heterocycles. The Morgan fingerprint density at radius 2 is 2.00 bits per heavy atom. The van der Waals surface area contributed by atoms with Crippen LogP contribution in [-0.2, 0) is 4.79 Å². The summed E-state index contributed by atoms with van der Waals surface area (Å²) in [7, 11) is 0. The fourth-order valence-electron chi connectivity index (χ4n) is 3.73. The van der Waals surface area contributed by atoms with Crippen molar-refractivity contribution in [1.29, 1.82) is 0 Å². The van der Waals surface area contributed by atoms with Crippen LogP contribution in [0.15, 0.2) is 18.2 Å². The molecule has 2 aliphatic heterocycles. The summed E-state index contributed by atoms with van der Waals surface area (Å²) in [5.41, 5.74) is 3.27. The summed E-state index contributed by atoms with van der Waals surface area (Å²) in [5.74, 6) is 1.52. The molecule has 1 fully saturated rings. The van der Waals surface area contributed by atoms with E-state index < -0.39 is 0 Å². The topological polar surface area (TPSA) is 44.4 Å². The van der Waals surface area contributed by atoms with Crippen LogP contribution in [0, 0.1) is 11.8 Å². The summed E-state index contributed by atoms with van der Waals surface area (Å²) in [6.45, 7) is 9.66. The van der Waals surface area contributed by atoms with Crippen LogP contribution in [0.2, 0.25) is 0 Å². The summed E-state index contributed by atoms with van der Waals surface area (Å²) >= 11 is 0. The van der Waals surface area contributed by atoms with Crippen molar-refractivity contribution in [2.75, 3.05) is 29.9 Å². The molecule has 21 heavy (non-hydrogen) atoms. The summed E-state index contributed by atoms with van der Waals surface area (Å²) in [4.78, 5) is 14.5. The van der Waals surface area contributed by atoms with E-state index in [1.54, 1.807) is 0 Å². The highest BCUT2D eigenvalue weighted by atomic mass is 16.2. The third-order valence-electron chi connectivity index (χ3n) is 4.51. The lowest BCUT2D eigenvalue weighted by Gasteiger charge is -2.36. The van der Waals surface area contributed by atoms with Crippen molar-refractivity contribution < 1.29 is 4.79 Å². The number of nitrogens with one attached hydrogen (secondary N) is 2. The number of hydrogen-bond acceptors (Lipinski definition) is 3. The number of anilines is 2. The molecule has 0 radical (unpaired) electrons. The molecule has 0 saturated carbocycles. The Morgan fingerprint density at radius 3 is 2.67 bits per heavy atom. The van der Waals surface area contributed by atoms with Crippen molar-refractivity contribution in [1.82, 2.24) is 5.32 Å². The van der Waals surface area contributed by atoms with E-state index in [-0.39, 0.29) is 11.9 Å². The van der Waals surface area contributed by atoms with Gasteiger partial charge >= 0.3 is 0 Å². The monoisotopic (exact) mass is 287 g/mol. The molecular formula is C17H25N3O. The SMILES string of the molecule is CCNC1C(=O)Nc2cc(N3CC(C)CC(C)C3)ccc21. The third-order valence-corrected chi connectivity index (χ3v) is 4.51. The van der Waals surface area contributed by atoms with E-state index in [1.807, 2.05) is 6.92 Å². The molecule has 4 heteroatoms. The normalized spacial score (nSPS) is 28.4. The lowest BCUT2D eigenvalue weighted by molar-refractivity contribution is -0.117. The van der Waals surface area contributed by atoms with E-state index in [4.69, 9.17) is 0 Å². The standard InChI is InChI=1S/C17H25N3O/c1-4-18-16-14-6-5-13(8-15(14)19-17(16)21)20-9-11(2)7-12(3)10-20/h5-6,8,11-12,16,18H,4,7,9-10H2,1-3H3,(H,19,21). The van der Waals surface area contributed by atoms with E-state index in [0.717, 1.165) is 42.7 Å². The average molecular weight is 287 g/mol. The van der Waals surface area contributed by atoms with Gasteiger partial charge in [0.05, 0.1) is 0 Å². The van der Waals surface area contributed by atoms with Crippen molar-refractivity contribution >= 4 is 17.3 Å². The zero-order valence-electron chi connectivity index (χ0n) is 13.1. The van der Waals surface area contributed by atoms with Crippen LogP contribution in [0.5, 0.6) is 0 Å². The molecule has 0 aromatic heterocycles. The summed E-state index contributed by atoms with van der Waals surface area (Å²) in [5, 5.41) is 6.24. The molecule has 1 aromatic carbocycles. The van der Waals surface area contributed by atoms with Crippen molar-refractivity contribution in [3.05, 3.63) is 23.8 Å². The molecule has 1 amide bonds. The minimum absolute atomic E-state index is 0.0596. The molecule has 4 nitrogen and oxygen atoms in total. The van der Waals surface area contributed by atoms with Crippen LogP contribution in [0.4, 0.5) is 11.4 Å². The summed E-state index contributed by atoms with van der Waals surface area (Å²) in [6.07, 6.45) is 1.31. The zero-order valence-corrected chi connectivity index (χ0v) is 13.1. The summed E-state index contributed by atoms with van der Waals surface area (Å²) < 4.78 is 0. The number of likely N-dealkylation sites (N-methyl/N-ethyl adjacent to an activating group) is 1. The van der Waals surface area contributed by atoms with Gasteiger partial charge in [-0.05, 0) is 36.9 Å². The van der Waals surface area contributed by atoms with Gasteiger partial charge in [-0.1, -0.05) is 26.8 Å². The van der Waals surface area contributed by atoms with Gasteiger partial charge in [-0.3, -0.25) is 4.79 Å². The highest BCUT2D eigenvalue weighted by Crippen LogP contribution is 2.35. The van der Waals surface area contributed by atoms with Crippen molar-refractivity contribution in [3.63, 3.8) is 0 Å². The summed E-state index contributed by atoms with van der Waals surface area (Å²) in [6, 6.07) is 6.20. The number of carbonyl (C=O) groups excluding carboxylic acids is 1. The Bertz CT molecular complexity index is 533.